The zero-order valence-electron chi connectivity index (χ0n) is 13.1. The van der Waals surface area contributed by atoms with E-state index in [1.54, 1.807) is 12.3 Å². The first-order valence-corrected chi connectivity index (χ1v) is 8.67. The molecule has 0 atom stereocenters. The molecule has 3 rings (SSSR count). The fourth-order valence-electron chi connectivity index (χ4n) is 3.14. The molecule has 0 saturated heterocycles. The van der Waals surface area contributed by atoms with E-state index in [9.17, 15) is 9.59 Å². The normalized spacial score (nSPS) is 19.3. The van der Waals surface area contributed by atoms with Crippen LogP contribution in [0.25, 0.3) is 0 Å². The second-order valence-electron chi connectivity index (χ2n) is 6.61. The number of amides is 2. The van der Waals surface area contributed by atoms with Crippen LogP contribution in [0, 0.1) is 5.92 Å². The topological polar surface area (TPSA) is 71.1 Å². The Balaban J connectivity index is 1.49. The van der Waals surface area contributed by atoms with E-state index in [0.29, 0.717) is 17.1 Å². The van der Waals surface area contributed by atoms with E-state index in [0.717, 1.165) is 44.9 Å². The highest BCUT2D eigenvalue weighted by Crippen LogP contribution is 2.36. The summed E-state index contributed by atoms with van der Waals surface area (Å²) in [5.74, 6) is 0.203. The summed E-state index contributed by atoms with van der Waals surface area (Å²) in [7, 11) is 0. The average molecular weight is 336 g/mol. The van der Waals surface area contributed by atoms with Crippen LogP contribution in [0.5, 0.6) is 0 Å². The van der Waals surface area contributed by atoms with Crippen LogP contribution >= 0.6 is 11.6 Å². The lowest BCUT2D eigenvalue weighted by atomic mass is 9.73. The summed E-state index contributed by atoms with van der Waals surface area (Å²) in [6.45, 7) is 0.530. The van der Waals surface area contributed by atoms with E-state index in [4.69, 9.17) is 11.6 Å². The van der Waals surface area contributed by atoms with Crippen LogP contribution in [0.2, 0.25) is 5.02 Å². The lowest BCUT2D eigenvalue weighted by Crippen LogP contribution is -2.56. The van der Waals surface area contributed by atoms with Crippen molar-refractivity contribution >= 4 is 23.4 Å². The smallest absolute Gasteiger partial charge is 0.252 e. The van der Waals surface area contributed by atoms with Crippen LogP contribution < -0.4 is 10.6 Å². The molecule has 2 N–H and O–H groups in total. The zero-order valence-corrected chi connectivity index (χ0v) is 13.9. The highest BCUT2D eigenvalue weighted by Gasteiger charge is 2.40. The van der Waals surface area contributed by atoms with Gasteiger partial charge in [-0.25, -0.2) is 0 Å². The van der Waals surface area contributed by atoms with Gasteiger partial charge in [0.15, 0.2) is 0 Å². The second-order valence-corrected chi connectivity index (χ2v) is 7.02. The highest BCUT2D eigenvalue weighted by atomic mass is 35.5. The van der Waals surface area contributed by atoms with Crippen molar-refractivity contribution in [2.75, 3.05) is 6.54 Å². The fourth-order valence-corrected chi connectivity index (χ4v) is 3.35. The average Bonchev–Trinajstić information content (AvgIpc) is 2.42. The predicted molar refractivity (Wildman–Crippen MR) is 88.3 cm³/mol. The van der Waals surface area contributed by atoms with Crippen LogP contribution in [0.1, 0.15) is 55.3 Å². The molecule has 0 unspecified atom stereocenters. The third kappa shape index (κ3) is 3.66. The van der Waals surface area contributed by atoms with E-state index in [1.807, 2.05) is 0 Å². The molecule has 1 aromatic heterocycles. The Morgan fingerprint density at radius 1 is 1.30 bits per heavy atom. The maximum absolute atomic E-state index is 12.2. The van der Waals surface area contributed by atoms with Crippen molar-refractivity contribution in [1.82, 2.24) is 15.6 Å². The van der Waals surface area contributed by atoms with Gasteiger partial charge in [0, 0.05) is 30.4 Å². The molecule has 0 aromatic carbocycles. The number of rotatable bonds is 6. The minimum atomic E-state index is -0.197. The van der Waals surface area contributed by atoms with Gasteiger partial charge >= 0.3 is 0 Å². The van der Waals surface area contributed by atoms with E-state index in [-0.39, 0.29) is 23.3 Å². The summed E-state index contributed by atoms with van der Waals surface area (Å²) < 4.78 is 0. The summed E-state index contributed by atoms with van der Waals surface area (Å²) in [6.07, 6.45) is 10.1. The number of hydrogen-bond acceptors (Lipinski definition) is 3. The van der Waals surface area contributed by atoms with Crippen molar-refractivity contribution in [3.05, 3.63) is 29.0 Å². The maximum atomic E-state index is 12.2. The van der Waals surface area contributed by atoms with Crippen LogP contribution in [0.3, 0.4) is 0 Å². The largest absolute Gasteiger partial charge is 0.352 e. The molecule has 1 heterocycles. The van der Waals surface area contributed by atoms with Crippen LogP contribution in [-0.4, -0.2) is 28.9 Å². The van der Waals surface area contributed by atoms with Gasteiger partial charge < -0.3 is 10.6 Å². The van der Waals surface area contributed by atoms with Gasteiger partial charge in [0.1, 0.15) is 0 Å². The summed E-state index contributed by atoms with van der Waals surface area (Å²) in [5, 5.41) is 6.47. The molecule has 23 heavy (non-hydrogen) atoms. The van der Waals surface area contributed by atoms with Gasteiger partial charge in [-0.2, -0.15) is 0 Å². The fraction of sp³-hybridized carbons (Fsp3) is 0.588. The molecule has 0 bridgehead atoms. The molecule has 1 aromatic rings. The first-order valence-electron chi connectivity index (χ1n) is 8.29. The van der Waals surface area contributed by atoms with Crippen molar-refractivity contribution in [3.8, 4) is 0 Å². The Hall–Kier alpha value is -1.62. The third-order valence-corrected chi connectivity index (χ3v) is 5.38. The molecule has 0 aliphatic heterocycles. The molecule has 2 aliphatic rings. The van der Waals surface area contributed by atoms with Crippen molar-refractivity contribution < 1.29 is 9.59 Å². The number of carbonyl (C=O) groups excluding carboxylic acids is 2. The van der Waals surface area contributed by atoms with Gasteiger partial charge in [-0.05, 0) is 44.6 Å². The van der Waals surface area contributed by atoms with E-state index in [2.05, 4.69) is 15.6 Å². The summed E-state index contributed by atoms with van der Waals surface area (Å²) in [4.78, 5) is 28.2. The summed E-state index contributed by atoms with van der Waals surface area (Å²) >= 11 is 5.97. The molecule has 2 saturated carbocycles. The molecule has 6 heteroatoms. The van der Waals surface area contributed by atoms with E-state index >= 15 is 0 Å². The molecule has 5 nitrogen and oxygen atoms in total. The predicted octanol–water partition coefficient (Wildman–Crippen LogP) is 2.69. The van der Waals surface area contributed by atoms with Gasteiger partial charge in [-0.15, -0.1) is 0 Å². The number of carbonyl (C=O) groups is 2. The first kappa shape index (κ1) is 16.2. The Labute approximate surface area is 141 Å². The number of nitrogens with zero attached hydrogens (tertiary/aromatic N) is 1. The summed E-state index contributed by atoms with van der Waals surface area (Å²) in [6, 6.07) is 1.61. The molecule has 124 valence electrons. The first-order chi connectivity index (χ1) is 11.1. The van der Waals surface area contributed by atoms with Gasteiger partial charge in [0.2, 0.25) is 5.91 Å². The Morgan fingerprint density at radius 3 is 2.65 bits per heavy atom. The molecule has 2 amide bonds. The standard InChI is InChI=1S/C17H22ClN3O2/c18-14-11-19-9-5-13(14)16(23)20-10-8-17(6-2-7-17)21-15(22)12-3-1-4-12/h5,9,11-12H,1-4,6-8,10H2,(H,20,23)(H,21,22). The van der Waals surface area contributed by atoms with Crippen molar-refractivity contribution in [1.29, 1.82) is 0 Å². The summed E-state index contributed by atoms with van der Waals surface area (Å²) in [5.41, 5.74) is 0.310. The molecule has 2 fully saturated rings. The van der Waals surface area contributed by atoms with Gasteiger partial charge in [-0.1, -0.05) is 18.0 Å². The van der Waals surface area contributed by atoms with Crippen molar-refractivity contribution in [3.63, 3.8) is 0 Å². The van der Waals surface area contributed by atoms with Gasteiger partial charge in [-0.3, -0.25) is 14.6 Å². The molecular formula is C17H22ClN3O2. The van der Waals surface area contributed by atoms with Gasteiger partial charge in [0.25, 0.3) is 5.91 Å². The molecule has 0 spiro atoms. The molecular weight excluding hydrogens is 314 g/mol. The Morgan fingerprint density at radius 2 is 2.09 bits per heavy atom. The minimum Gasteiger partial charge on any atom is -0.352 e. The zero-order chi connectivity index (χ0) is 16.3. The number of pyridine rings is 1. The van der Waals surface area contributed by atoms with E-state index in [1.165, 1.54) is 6.20 Å². The van der Waals surface area contributed by atoms with Crippen LogP contribution in [0.15, 0.2) is 18.5 Å². The quantitative estimate of drug-likeness (QED) is 0.839. The van der Waals surface area contributed by atoms with Crippen LogP contribution in [-0.2, 0) is 4.79 Å². The van der Waals surface area contributed by atoms with Crippen molar-refractivity contribution in [2.45, 2.75) is 50.5 Å². The highest BCUT2D eigenvalue weighted by molar-refractivity contribution is 6.33. The van der Waals surface area contributed by atoms with E-state index < -0.39 is 0 Å². The monoisotopic (exact) mass is 335 g/mol. The SMILES string of the molecule is O=C(NCCC1(NC(=O)C2CCC2)CCC1)c1ccncc1Cl. The molecule has 2 aliphatic carbocycles. The second kappa shape index (κ2) is 6.87. The molecule has 0 radical (unpaired) electrons. The number of hydrogen-bond donors (Lipinski definition) is 2. The number of nitrogens with one attached hydrogen (secondary N) is 2. The lowest BCUT2D eigenvalue weighted by molar-refractivity contribution is -0.130. The maximum Gasteiger partial charge on any atom is 0.252 e. The Kier molecular flexibility index (Phi) is 4.85. The Bertz CT molecular complexity index is 597. The van der Waals surface area contributed by atoms with Gasteiger partial charge in [0.05, 0.1) is 10.6 Å². The third-order valence-electron chi connectivity index (χ3n) is 5.08. The number of aromatic nitrogens is 1. The van der Waals surface area contributed by atoms with Crippen molar-refractivity contribution in [2.24, 2.45) is 5.92 Å². The number of halogens is 1. The minimum absolute atomic E-state index is 0.123. The van der Waals surface area contributed by atoms with Crippen LogP contribution in [0.4, 0.5) is 0 Å². The lowest BCUT2D eigenvalue weighted by Gasteiger charge is -2.44.